The monoisotopic (exact) mass is 346 g/mol. The number of methoxy groups -OCH3 is 1. The van der Waals surface area contributed by atoms with Crippen molar-refractivity contribution in [3.63, 3.8) is 0 Å². The fourth-order valence-electron chi connectivity index (χ4n) is 1.92. The molecule has 0 bridgehead atoms. The van der Waals surface area contributed by atoms with Crippen LogP contribution in [0.4, 0.5) is 4.79 Å². The van der Waals surface area contributed by atoms with Crippen molar-refractivity contribution in [1.82, 2.24) is 4.90 Å². The third-order valence-corrected chi connectivity index (χ3v) is 3.89. The maximum absolute atomic E-state index is 12.1. The van der Waals surface area contributed by atoms with Crippen molar-refractivity contribution in [3.8, 4) is 23.8 Å². The van der Waals surface area contributed by atoms with E-state index in [2.05, 4.69) is 5.92 Å². The van der Waals surface area contributed by atoms with Gasteiger partial charge in [0.15, 0.2) is 18.1 Å². The highest BCUT2D eigenvalue weighted by molar-refractivity contribution is 8.18. The first-order valence-electron chi connectivity index (χ1n) is 6.74. The molecule has 8 heteroatoms. The van der Waals surface area contributed by atoms with E-state index in [-0.39, 0.29) is 18.1 Å². The highest BCUT2D eigenvalue weighted by Gasteiger charge is 2.34. The molecule has 0 aliphatic carbocycles. The van der Waals surface area contributed by atoms with Crippen LogP contribution in [0, 0.1) is 12.3 Å². The first-order chi connectivity index (χ1) is 11.5. The normalized spacial score (nSPS) is 15.5. The van der Waals surface area contributed by atoms with E-state index in [9.17, 15) is 14.4 Å². The summed E-state index contributed by atoms with van der Waals surface area (Å²) in [4.78, 5) is 35.9. The Bertz CT molecular complexity index is 766. The Labute approximate surface area is 142 Å². The molecule has 124 valence electrons. The van der Waals surface area contributed by atoms with Crippen LogP contribution in [0.25, 0.3) is 6.08 Å². The smallest absolute Gasteiger partial charge is 0.294 e. The van der Waals surface area contributed by atoms with Gasteiger partial charge in [-0.3, -0.25) is 19.3 Å². The van der Waals surface area contributed by atoms with Gasteiger partial charge in [-0.15, -0.1) is 6.42 Å². The summed E-state index contributed by atoms with van der Waals surface area (Å²) in [5.41, 5.74) is 5.66. The molecular weight excluding hydrogens is 332 g/mol. The Balaban J connectivity index is 2.24. The largest absolute Gasteiger partial charge is 0.493 e. The van der Waals surface area contributed by atoms with Crippen LogP contribution >= 0.6 is 11.8 Å². The lowest BCUT2D eigenvalue weighted by Gasteiger charge is -2.10. The van der Waals surface area contributed by atoms with Crippen molar-refractivity contribution in [3.05, 3.63) is 28.7 Å². The fourth-order valence-corrected chi connectivity index (χ4v) is 2.76. The summed E-state index contributed by atoms with van der Waals surface area (Å²) in [5.74, 6) is 1.94. The first kappa shape index (κ1) is 17.4. The maximum Gasteiger partial charge on any atom is 0.294 e. The van der Waals surface area contributed by atoms with Crippen molar-refractivity contribution in [1.29, 1.82) is 0 Å². The van der Waals surface area contributed by atoms with Gasteiger partial charge < -0.3 is 15.2 Å². The lowest BCUT2D eigenvalue weighted by atomic mass is 10.2. The number of primary amides is 1. The number of imide groups is 1. The standard InChI is InChI=1S/C16H14N2O5S/c1-3-6-18-15(20)13(24-16(18)21)8-10-4-5-11(12(7-10)22-2)23-9-14(17)19/h1,4-5,7-8H,6,9H2,2H3,(H2,17,19). The summed E-state index contributed by atoms with van der Waals surface area (Å²) in [7, 11) is 1.44. The Morgan fingerprint density at radius 3 is 2.79 bits per heavy atom. The highest BCUT2D eigenvalue weighted by Crippen LogP contribution is 2.34. The molecule has 24 heavy (non-hydrogen) atoms. The lowest BCUT2D eigenvalue weighted by Crippen LogP contribution is -2.28. The van der Waals surface area contributed by atoms with Gasteiger partial charge in [-0.05, 0) is 35.5 Å². The quantitative estimate of drug-likeness (QED) is 0.614. The van der Waals surface area contributed by atoms with Gasteiger partial charge in [-0.2, -0.15) is 0 Å². The van der Waals surface area contributed by atoms with Crippen LogP contribution in [0.15, 0.2) is 23.1 Å². The van der Waals surface area contributed by atoms with Crippen molar-refractivity contribution in [2.75, 3.05) is 20.3 Å². The second-order valence-corrected chi connectivity index (χ2v) is 5.63. The summed E-state index contributed by atoms with van der Waals surface area (Å²) < 4.78 is 10.4. The van der Waals surface area contributed by atoms with Crippen molar-refractivity contribution in [2.24, 2.45) is 5.73 Å². The van der Waals surface area contributed by atoms with Crippen LogP contribution in [0.3, 0.4) is 0 Å². The molecular formula is C16H14N2O5S. The van der Waals surface area contributed by atoms with Crippen LogP contribution < -0.4 is 15.2 Å². The lowest BCUT2D eigenvalue weighted by molar-refractivity contribution is -0.122. The number of rotatable bonds is 6. The van der Waals surface area contributed by atoms with E-state index >= 15 is 0 Å². The minimum atomic E-state index is -0.608. The second-order valence-electron chi connectivity index (χ2n) is 4.64. The molecule has 3 amide bonds. The Morgan fingerprint density at radius 1 is 1.42 bits per heavy atom. The summed E-state index contributed by atoms with van der Waals surface area (Å²) in [6.07, 6.45) is 6.70. The molecule has 1 aromatic rings. The van der Waals surface area contributed by atoms with E-state index < -0.39 is 17.1 Å². The van der Waals surface area contributed by atoms with Crippen molar-refractivity contribution < 1.29 is 23.9 Å². The Hall–Kier alpha value is -2.92. The van der Waals surface area contributed by atoms with Crippen LogP contribution in [0.2, 0.25) is 0 Å². The molecule has 1 aromatic carbocycles. The highest BCUT2D eigenvalue weighted by atomic mass is 32.2. The Kier molecular flexibility index (Phi) is 5.50. The minimum absolute atomic E-state index is 0.0643. The molecule has 0 spiro atoms. The zero-order valence-electron chi connectivity index (χ0n) is 12.8. The molecule has 1 heterocycles. The summed E-state index contributed by atoms with van der Waals surface area (Å²) in [6.45, 7) is -0.341. The topological polar surface area (TPSA) is 98.9 Å². The number of thioether (sulfide) groups is 1. The third-order valence-electron chi connectivity index (χ3n) is 2.98. The van der Waals surface area contributed by atoms with E-state index in [1.54, 1.807) is 24.3 Å². The Morgan fingerprint density at radius 2 is 2.17 bits per heavy atom. The van der Waals surface area contributed by atoms with Gasteiger partial charge in [0.05, 0.1) is 18.6 Å². The van der Waals surface area contributed by atoms with E-state index in [1.807, 2.05) is 0 Å². The molecule has 0 unspecified atom stereocenters. The molecule has 2 rings (SSSR count). The number of benzene rings is 1. The van der Waals surface area contributed by atoms with Gasteiger partial charge in [0.25, 0.3) is 17.1 Å². The summed E-state index contributed by atoms with van der Waals surface area (Å²) in [5, 5.41) is -0.405. The molecule has 1 fully saturated rings. The minimum Gasteiger partial charge on any atom is -0.493 e. The molecule has 1 aliphatic heterocycles. The number of nitrogens with zero attached hydrogens (tertiary/aromatic N) is 1. The summed E-state index contributed by atoms with van der Waals surface area (Å²) >= 11 is 0.818. The molecule has 0 aromatic heterocycles. The molecule has 0 radical (unpaired) electrons. The van der Waals surface area contributed by atoms with Crippen LogP contribution in [0.1, 0.15) is 5.56 Å². The van der Waals surface area contributed by atoms with Gasteiger partial charge in [0.2, 0.25) is 0 Å². The fraction of sp³-hybridized carbons (Fsp3) is 0.188. The number of terminal acetylenes is 1. The van der Waals surface area contributed by atoms with Crippen LogP contribution in [0.5, 0.6) is 11.5 Å². The number of nitrogens with two attached hydrogens (primary N) is 1. The van der Waals surface area contributed by atoms with Crippen molar-refractivity contribution >= 4 is 34.9 Å². The number of hydrogen-bond acceptors (Lipinski definition) is 6. The molecule has 7 nitrogen and oxygen atoms in total. The average Bonchev–Trinajstić information content (AvgIpc) is 2.81. The van der Waals surface area contributed by atoms with Crippen LogP contribution in [-0.4, -0.2) is 42.2 Å². The van der Waals surface area contributed by atoms with Gasteiger partial charge >= 0.3 is 0 Å². The SMILES string of the molecule is C#CCN1C(=O)SC(=Cc2ccc(OCC(N)=O)c(OC)c2)C1=O. The molecule has 0 atom stereocenters. The third kappa shape index (κ3) is 3.88. The zero-order chi connectivity index (χ0) is 17.7. The van der Waals surface area contributed by atoms with E-state index in [4.69, 9.17) is 21.6 Å². The first-order valence-corrected chi connectivity index (χ1v) is 7.56. The molecule has 2 N–H and O–H groups in total. The average molecular weight is 346 g/mol. The van der Waals surface area contributed by atoms with Gasteiger partial charge in [0, 0.05) is 0 Å². The summed E-state index contributed by atoms with van der Waals surface area (Å²) in [6, 6.07) is 4.86. The number of amides is 3. The van der Waals surface area contributed by atoms with E-state index in [1.165, 1.54) is 7.11 Å². The predicted molar refractivity (Wildman–Crippen MR) is 89.2 cm³/mol. The number of ether oxygens (including phenoxy) is 2. The van der Waals surface area contributed by atoms with Gasteiger partial charge in [0.1, 0.15) is 0 Å². The van der Waals surface area contributed by atoms with Gasteiger partial charge in [-0.25, -0.2) is 0 Å². The van der Waals surface area contributed by atoms with Crippen LogP contribution in [-0.2, 0) is 9.59 Å². The number of hydrogen-bond donors (Lipinski definition) is 1. The van der Waals surface area contributed by atoms with Gasteiger partial charge in [-0.1, -0.05) is 12.0 Å². The predicted octanol–water partition coefficient (Wildman–Crippen LogP) is 1.23. The van der Waals surface area contributed by atoms with E-state index in [0.717, 1.165) is 16.7 Å². The number of carbonyl (C=O) groups excluding carboxylic acids is 3. The molecule has 1 saturated heterocycles. The molecule has 1 aliphatic rings. The zero-order valence-corrected chi connectivity index (χ0v) is 13.6. The second kappa shape index (κ2) is 7.57. The number of carbonyl (C=O) groups is 3. The van der Waals surface area contributed by atoms with Crippen molar-refractivity contribution in [2.45, 2.75) is 0 Å². The van der Waals surface area contributed by atoms with E-state index in [0.29, 0.717) is 17.1 Å². The molecule has 0 saturated carbocycles. The maximum atomic E-state index is 12.1.